The zero-order chi connectivity index (χ0) is 22.1. The second-order valence-electron chi connectivity index (χ2n) is 6.54. The molecular formula is C24H21BrN2O4. The van der Waals surface area contributed by atoms with Crippen LogP contribution in [-0.2, 0) is 0 Å². The van der Waals surface area contributed by atoms with E-state index in [9.17, 15) is 9.59 Å². The van der Waals surface area contributed by atoms with Crippen LogP contribution in [0.15, 0.2) is 82.4 Å². The third kappa shape index (κ3) is 6.79. The third-order valence-corrected chi connectivity index (χ3v) is 4.61. The first kappa shape index (κ1) is 22.2. The maximum absolute atomic E-state index is 12.3. The highest BCUT2D eigenvalue weighted by atomic mass is 79.9. The van der Waals surface area contributed by atoms with Gasteiger partial charge in [0.05, 0.1) is 18.4 Å². The van der Waals surface area contributed by atoms with Gasteiger partial charge in [-0.1, -0.05) is 28.9 Å². The Balaban J connectivity index is 1.53. The first-order valence-electron chi connectivity index (χ1n) is 9.69. The number of rotatable bonds is 8. The average Bonchev–Trinajstić information content (AvgIpc) is 2.79. The Bertz CT molecular complexity index is 1060. The molecule has 0 unspecified atom stereocenters. The van der Waals surface area contributed by atoms with Crippen molar-refractivity contribution in [1.82, 2.24) is 5.43 Å². The largest absolute Gasteiger partial charge is 0.494 e. The molecule has 3 aromatic carbocycles. The Labute approximate surface area is 189 Å². The topological polar surface area (TPSA) is 77.0 Å². The van der Waals surface area contributed by atoms with E-state index in [0.29, 0.717) is 29.2 Å². The summed E-state index contributed by atoms with van der Waals surface area (Å²) < 4.78 is 11.7. The molecule has 6 nitrogen and oxygen atoms in total. The number of amides is 1. The molecular weight excluding hydrogens is 460 g/mol. The maximum Gasteiger partial charge on any atom is 0.343 e. The second-order valence-corrected chi connectivity index (χ2v) is 7.46. The van der Waals surface area contributed by atoms with Crippen LogP contribution in [0.3, 0.4) is 0 Å². The summed E-state index contributed by atoms with van der Waals surface area (Å²) >= 11 is 3.33. The summed E-state index contributed by atoms with van der Waals surface area (Å²) in [4.78, 5) is 24.3. The van der Waals surface area contributed by atoms with Crippen molar-refractivity contribution >= 4 is 34.0 Å². The van der Waals surface area contributed by atoms with Crippen molar-refractivity contribution in [3.63, 3.8) is 0 Å². The van der Waals surface area contributed by atoms with Gasteiger partial charge in [-0.2, -0.15) is 5.10 Å². The lowest BCUT2D eigenvalue weighted by atomic mass is 10.2. The Morgan fingerprint density at radius 1 is 0.968 bits per heavy atom. The van der Waals surface area contributed by atoms with Gasteiger partial charge in [-0.25, -0.2) is 10.2 Å². The molecule has 31 heavy (non-hydrogen) atoms. The molecule has 0 saturated heterocycles. The van der Waals surface area contributed by atoms with Crippen molar-refractivity contribution in [2.24, 2.45) is 5.10 Å². The lowest BCUT2D eigenvalue weighted by molar-refractivity contribution is 0.0734. The minimum Gasteiger partial charge on any atom is -0.494 e. The number of hydrogen-bond donors (Lipinski definition) is 1. The molecule has 0 radical (unpaired) electrons. The highest BCUT2D eigenvalue weighted by molar-refractivity contribution is 9.10. The molecule has 3 rings (SSSR count). The van der Waals surface area contributed by atoms with Crippen LogP contribution in [0, 0.1) is 0 Å². The number of halogens is 1. The van der Waals surface area contributed by atoms with Gasteiger partial charge >= 0.3 is 5.97 Å². The van der Waals surface area contributed by atoms with E-state index in [2.05, 4.69) is 26.5 Å². The van der Waals surface area contributed by atoms with Gasteiger partial charge in [0.1, 0.15) is 11.5 Å². The molecule has 0 aromatic heterocycles. The van der Waals surface area contributed by atoms with Gasteiger partial charge in [-0.3, -0.25) is 4.79 Å². The summed E-state index contributed by atoms with van der Waals surface area (Å²) in [5.41, 5.74) is 4.15. The number of ether oxygens (including phenoxy) is 2. The lowest BCUT2D eigenvalue weighted by Crippen LogP contribution is -2.17. The van der Waals surface area contributed by atoms with Crippen LogP contribution in [0.1, 0.15) is 39.6 Å². The van der Waals surface area contributed by atoms with E-state index in [1.54, 1.807) is 66.7 Å². The SMILES string of the molecule is CCCOc1ccc(C(=O)Oc2ccc(/C=N\NC(=O)c3cccc(Br)c3)cc2)cc1. The smallest absolute Gasteiger partial charge is 0.343 e. The molecule has 0 aliphatic heterocycles. The Hall–Kier alpha value is -3.45. The van der Waals surface area contributed by atoms with Crippen LogP contribution in [0.4, 0.5) is 0 Å². The van der Waals surface area contributed by atoms with E-state index in [1.165, 1.54) is 6.21 Å². The number of nitrogens with one attached hydrogen (secondary N) is 1. The van der Waals surface area contributed by atoms with Crippen LogP contribution in [-0.4, -0.2) is 24.7 Å². The molecule has 0 aliphatic rings. The Morgan fingerprint density at radius 2 is 1.68 bits per heavy atom. The zero-order valence-electron chi connectivity index (χ0n) is 16.9. The van der Waals surface area contributed by atoms with E-state index < -0.39 is 5.97 Å². The van der Waals surface area contributed by atoms with Crippen molar-refractivity contribution in [3.8, 4) is 11.5 Å². The molecule has 1 N–H and O–H groups in total. The van der Waals surface area contributed by atoms with Crippen LogP contribution in [0.5, 0.6) is 11.5 Å². The molecule has 3 aromatic rings. The number of nitrogens with zero attached hydrogens (tertiary/aromatic N) is 1. The molecule has 0 saturated carbocycles. The molecule has 0 aliphatic carbocycles. The number of esters is 1. The Kier molecular flexibility index (Phi) is 7.95. The van der Waals surface area contributed by atoms with E-state index in [1.807, 2.05) is 13.0 Å². The number of benzene rings is 3. The van der Waals surface area contributed by atoms with Gasteiger partial charge in [-0.15, -0.1) is 0 Å². The highest BCUT2D eigenvalue weighted by Crippen LogP contribution is 2.17. The zero-order valence-corrected chi connectivity index (χ0v) is 18.5. The normalized spacial score (nSPS) is 10.6. The number of carbonyl (C=O) groups excluding carboxylic acids is 2. The third-order valence-electron chi connectivity index (χ3n) is 4.12. The van der Waals surface area contributed by atoms with Gasteiger partial charge in [0.25, 0.3) is 5.91 Å². The number of hydrazone groups is 1. The molecule has 0 bridgehead atoms. The summed E-state index contributed by atoms with van der Waals surface area (Å²) in [7, 11) is 0. The summed E-state index contributed by atoms with van der Waals surface area (Å²) in [6, 6.07) is 20.6. The first-order chi connectivity index (χ1) is 15.0. The van der Waals surface area contributed by atoms with E-state index in [0.717, 1.165) is 16.5 Å². The predicted octanol–water partition coefficient (Wildman–Crippen LogP) is 5.22. The fraction of sp³-hybridized carbons (Fsp3) is 0.125. The minimum absolute atomic E-state index is 0.311. The number of hydrogen-bond acceptors (Lipinski definition) is 5. The highest BCUT2D eigenvalue weighted by Gasteiger charge is 2.09. The first-order valence-corrected chi connectivity index (χ1v) is 10.5. The standard InChI is InChI=1S/C24H21BrN2O4/c1-2-14-30-21-12-8-18(9-13-21)24(29)31-22-10-6-17(7-11-22)16-26-27-23(28)19-4-3-5-20(25)15-19/h3-13,15-16H,2,14H2,1H3,(H,27,28)/b26-16-. The summed E-state index contributed by atoms with van der Waals surface area (Å²) in [6.45, 7) is 2.66. The molecule has 0 spiro atoms. The fourth-order valence-electron chi connectivity index (χ4n) is 2.55. The average molecular weight is 481 g/mol. The predicted molar refractivity (Wildman–Crippen MR) is 123 cm³/mol. The monoisotopic (exact) mass is 480 g/mol. The molecule has 0 fully saturated rings. The van der Waals surface area contributed by atoms with Crippen LogP contribution >= 0.6 is 15.9 Å². The maximum atomic E-state index is 12.3. The van der Waals surface area contributed by atoms with Crippen molar-refractivity contribution < 1.29 is 19.1 Å². The van der Waals surface area contributed by atoms with Crippen molar-refractivity contribution in [2.45, 2.75) is 13.3 Å². The minimum atomic E-state index is -0.454. The lowest BCUT2D eigenvalue weighted by Gasteiger charge is -2.07. The molecule has 158 valence electrons. The molecule has 0 heterocycles. The Morgan fingerprint density at radius 3 is 2.35 bits per heavy atom. The molecule has 7 heteroatoms. The second kappa shape index (κ2) is 11.1. The van der Waals surface area contributed by atoms with Gasteiger partial charge in [-0.05, 0) is 78.7 Å². The summed E-state index contributed by atoms with van der Waals surface area (Å²) in [5.74, 6) is 0.361. The van der Waals surface area contributed by atoms with Crippen LogP contribution < -0.4 is 14.9 Å². The van der Waals surface area contributed by atoms with E-state index >= 15 is 0 Å². The summed E-state index contributed by atoms with van der Waals surface area (Å²) in [5, 5.41) is 3.96. The summed E-state index contributed by atoms with van der Waals surface area (Å²) in [6.07, 6.45) is 2.43. The van der Waals surface area contributed by atoms with Crippen LogP contribution in [0.2, 0.25) is 0 Å². The quantitative estimate of drug-likeness (QED) is 0.207. The van der Waals surface area contributed by atoms with Gasteiger partial charge in [0.15, 0.2) is 0 Å². The van der Waals surface area contributed by atoms with Gasteiger partial charge in [0, 0.05) is 10.0 Å². The van der Waals surface area contributed by atoms with Crippen molar-refractivity contribution in [3.05, 3.63) is 94.0 Å². The van der Waals surface area contributed by atoms with Crippen LogP contribution in [0.25, 0.3) is 0 Å². The number of carbonyl (C=O) groups is 2. The molecule has 0 atom stereocenters. The molecule has 1 amide bonds. The van der Waals surface area contributed by atoms with Crippen molar-refractivity contribution in [1.29, 1.82) is 0 Å². The van der Waals surface area contributed by atoms with Gasteiger partial charge < -0.3 is 9.47 Å². The van der Waals surface area contributed by atoms with Crippen molar-refractivity contribution in [2.75, 3.05) is 6.61 Å². The van der Waals surface area contributed by atoms with E-state index in [-0.39, 0.29) is 5.91 Å². The van der Waals surface area contributed by atoms with Gasteiger partial charge in [0.2, 0.25) is 0 Å². The van der Waals surface area contributed by atoms with E-state index in [4.69, 9.17) is 9.47 Å². The fourth-order valence-corrected chi connectivity index (χ4v) is 2.95.